The molecule has 1 amide bonds. The molecule has 0 aromatic heterocycles. The fraction of sp³-hybridized carbons (Fsp3) is 0.364. The van der Waals surface area contributed by atoms with Gasteiger partial charge in [-0.25, -0.2) is 0 Å². The van der Waals surface area contributed by atoms with Crippen molar-refractivity contribution in [1.82, 2.24) is 5.32 Å². The molecule has 0 unspecified atom stereocenters. The number of sulfonamides is 1. The molecule has 164 valence electrons. The molecule has 1 aliphatic heterocycles. The maximum atomic E-state index is 12.8. The molecule has 4 rings (SSSR count). The van der Waals surface area contributed by atoms with Gasteiger partial charge in [0.1, 0.15) is 10.7 Å². The number of halogens is 2. The standard InChI is InChI=1S/C22H23Cl2N3O3S/c23-16-8-7-15(17(24)11-16)14-25-21(28)13-22(9-3-4-10-22)12-20-26-18-5-1-2-6-19(18)31(29,30)27-20/h1-2,5-8,11H,3-4,9-10,12-14H2,(H,25,28)(H,26,27). The lowest BCUT2D eigenvalue weighted by Gasteiger charge is -2.30. The van der Waals surface area contributed by atoms with E-state index in [-0.39, 0.29) is 16.2 Å². The van der Waals surface area contributed by atoms with E-state index in [2.05, 4.69) is 15.0 Å². The topological polar surface area (TPSA) is 87.6 Å². The van der Waals surface area contributed by atoms with Crippen molar-refractivity contribution in [2.24, 2.45) is 9.81 Å². The van der Waals surface area contributed by atoms with Crippen LogP contribution >= 0.6 is 23.2 Å². The number of amidine groups is 1. The second-order valence-corrected chi connectivity index (χ2v) is 10.6. The fourth-order valence-corrected chi connectivity index (χ4v) is 6.02. The second-order valence-electron chi connectivity index (χ2n) is 8.21. The van der Waals surface area contributed by atoms with Crippen LogP contribution in [0.25, 0.3) is 0 Å². The minimum Gasteiger partial charge on any atom is -0.352 e. The Labute approximate surface area is 192 Å². The van der Waals surface area contributed by atoms with Crippen LogP contribution in [0.4, 0.5) is 5.69 Å². The van der Waals surface area contributed by atoms with Crippen molar-refractivity contribution in [1.29, 1.82) is 0 Å². The molecule has 0 saturated heterocycles. The lowest BCUT2D eigenvalue weighted by Crippen LogP contribution is -2.34. The summed E-state index contributed by atoms with van der Waals surface area (Å²) in [6.07, 6.45) is 4.44. The number of benzene rings is 2. The van der Waals surface area contributed by atoms with Crippen LogP contribution in [0.3, 0.4) is 0 Å². The van der Waals surface area contributed by atoms with Crippen LogP contribution in [0, 0.1) is 5.41 Å². The molecule has 31 heavy (non-hydrogen) atoms. The van der Waals surface area contributed by atoms with Gasteiger partial charge in [0.05, 0.1) is 5.69 Å². The summed E-state index contributed by atoms with van der Waals surface area (Å²) in [5, 5.41) is 7.14. The predicted molar refractivity (Wildman–Crippen MR) is 123 cm³/mol. The maximum absolute atomic E-state index is 12.8. The van der Waals surface area contributed by atoms with Crippen molar-refractivity contribution >= 4 is 50.7 Å². The van der Waals surface area contributed by atoms with Gasteiger partial charge in [-0.05, 0) is 48.1 Å². The molecule has 2 N–H and O–H groups in total. The largest absolute Gasteiger partial charge is 0.352 e. The lowest BCUT2D eigenvalue weighted by atomic mass is 9.78. The van der Waals surface area contributed by atoms with E-state index in [1.54, 1.807) is 42.5 Å². The van der Waals surface area contributed by atoms with Gasteiger partial charge < -0.3 is 10.6 Å². The van der Waals surface area contributed by atoms with Gasteiger partial charge in [-0.1, -0.05) is 54.2 Å². The molecule has 2 aromatic carbocycles. The summed E-state index contributed by atoms with van der Waals surface area (Å²) in [5.74, 6) is 0.307. The van der Waals surface area contributed by atoms with E-state index >= 15 is 0 Å². The number of nitrogens with one attached hydrogen (secondary N) is 2. The second kappa shape index (κ2) is 8.81. The Morgan fingerprint density at radius 3 is 2.61 bits per heavy atom. The lowest BCUT2D eigenvalue weighted by molar-refractivity contribution is -0.123. The third-order valence-electron chi connectivity index (χ3n) is 5.91. The van der Waals surface area contributed by atoms with Gasteiger partial charge in [0, 0.05) is 29.4 Å². The molecule has 0 atom stereocenters. The van der Waals surface area contributed by atoms with E-state index in [4.69, 9.17) is 23.2 Å². The number of amides is 1. The van der Waals surface area contributed by atoms with Crippen molar-refractivity contribution in [3.8, 4) is 0 Å². The Hall–Kier alpha value is -2.09. The van der Waals surface area contributed by atoms with Gasteiger partial charge in [0.15, 0.2) is 0 Å². The Morgan fingerprint density at radius 2 is 1.87 bits per heavy atom. The molecule has 2 aliphatic rings. The van der Waals surface area contributed by atoms with Gasteiger partial charge >= 0.3 is 0 Å². The smallest absolute Gasteiger partial charge is 0.286 e. The van der Waals surface area contributed by atoms with Crippen LogP contribution in [0.2, 0.25) is 10.0 Å². The summed E-state index contributed by atoms with van der Waals surface area (Å²) in [6, 6.07) is 11.9. The summed E-state index contributed by atoms with van der Waals surface area (Å²) in [5.41, 5.74) is 1.00. The molecule has 6 nitrogen and oxygen atoms in total. The number of hydrogen-bond donors (Lipinski definition) is 2. The van der Waals surface area contributed by atoms with E-state index < -0.39 is 10.0 Å². The number of para-hydroxylation sites is 1. The maximum Gasteiger partial charge on any atom is 0.286 e. The summed E-state index contributed by atoms with van der Waals surface area (Å²) >= 11 is 12.1. The molecule has 1 saturated carbocycles. The molecule has 2 aromatic rings. The first-order chi connectivity index (χ1) is 14.8. The summed E-state index contributed by atoms with van der Waals surface area (Å²) in [6.45, 7) is 0.311. The van der Waals surface area contributed by atoms with Crippen molar-refractivity contribution in [3.05, 3.63) is 58.1 Å². The van der Waals surface area contributed by atoms with Crippen molar-refractivity contribution in [2.75, 3.05) is 5.32 Å². The fourth-order valence-electron chi connectivity index (χ4n) is 4.40. The number of rotatable bonds is 6. The van der Waals surface area contributed by atoms with Crippen LogP contribution in [-0.4, -0.2) is 20.2 Å². The Morgan fingerprint density at radius 1 is 1.13 bits per heavy atom. The Balaban J connectivity index is 1.46. The quantitative estimate of drug-likeness (QED) is 0.598. The average Bonchev–Trinajstić information content (AvgIpc) is 3.14. The zero-order chi connectivity index (χ0) is 22.1. The first-order valence-electron chi connectivity index (χ1n) is 10.2. The van der Waals surface area contributed by atoms with Crippen LogP contribution in [0.1, 0.15) is 44.1 Å². The molecular weight excluding hydrogens is 457 g/mol. The number of carbonyl (C=O) groups excluding carboxylic acids is 1. The van der Waals surface area contributed by atoms with Crippen LogP contribution in [0.5, 0.6) is 0 Å². The van der Waals surface area contributed by atoms with E-state index in [9.17, 15) is 13.2 Å². The molecule has 0 radical (unpaired) electrons. The molecule has 0 bridgehead atoms. The number of hydrogen-bond acceptors (Lipinski definition) is 4. The summed E-state index contributed by atoms with van der Waals surface area (Å²) in [4.78, 5) is 12.9. The van der Waals surface area contributed by atoms with Crippen molar-refractivity contribution < 1.29 is 13.2 Å². The first-order valence-corrected chi connectivity index (χ1v) is 12.4. The highest BCUT2D eigenvalue weighted by Crippen LogP contribution is 2.45. The molecule has 0 spiro atoms. The van der Waals surface area contributed by atoms with Crippen LogP contribution in [-0.2, 0) is 21.4 Å². The predicted octanol–water partition coefficient (Wildman–Crippen LogP) is 5.16. The van der Waals surface area contributed by atoms with Crippen LogP contribution in [0.15, 0.2) is 51.8 Å². The number of anilines is 1. The van der Waals surface area contributed by atoms with E-state index in [0.717, 1.165) is 31.2 Å². The van der Waals surface area contributed by atoms with Gasteiger partial charge in [0.25, 0.3) is 10.0 Å². The Bertz CT molecular complexity index is 1140. The summed E-state index contributed by atoms with van der Waals surface area (Å²) < 4.78 is 29.1. The number of fused-ring (bicyclic) bond motifs is 1. The highest BCUT2D eigenvalue weighted by molar-refractivity contribution is 7.90. The van der Waals surface area contributed by atoms with Crippen molar-refractivity contribution in [3.63, 3.8) is 0 Å². The number of nitrogens with zero attached hydrogens (tertiary/aromatic N) is 1. The zero-order valence-electron chi connectivity index (χ0n) is 16.8. The van der Waals surface area contributed by atoms with Gasteiger partial charge in [-0.15, -0.1) is 4.40 Å². The third-order valence-corrected chi connectivity index (χ3v) is 7.87. The minimum atomic E-state index is -3.74. The SMILES string of the molecule is O=C(CC1(CC2=NS(=O)(=O)c3ccccc3N2)CCCC1)NCc1ccc(Cl)cc1Cl. The van der Waals surface area contributed by atoms with Gasteiger partial charge in [0.2, 0.25) is 5.91 Å². The molecular formula is C22H23Cl2N3O3S. The van der Waals surface area contributed by atoms with E-state index in [1.807, 2.05) is 0 Å². The monoisotopic (exact) mass is 479 g/mol. The normalized spacial score (nSPS) is 18.6. The van der Waals surface area contributed by atoms with Crippen molar-refractivity contribution in [2.45, 2.75) is 50.0 Å². The molecule has 1 fully saturated rings. The number of carbonyl (C=O) groups is 1. The van der Waals surface area contributed by atoms with E-state index in [0.29, 0.717) is 41.0 Å². The van der Waals surface area contributed by atoms with Crippen LogP contribution < -0.4 is 10.6 Å². The zero-order valence-corrected chi connectivity index (χ0v) is 19.2. The Kier molecular flexibility index (Phi) is 6.28. The summed E-state index contributed by atoms with van der Waals surface area (Å²) in [7, 11) is -3.74. The highest BCUT2D eigenvalue weighted by Gasteiger charge is 2.39. The highest BCUT2D eigenvalue weighted by atomic mass is 35.5. The van der Waals surface area contributed by atoms with Gasteiger partial charge in [-0.3, -0.25) is 4.79 Å². The third kappa shape index (κ3) is 5.05. The molecule has 1 aliphatic carbocycles. The molecule has 9 heteroatoms. The van der Waals surface area contributed by atoms with E-state index in [1.165, 1.54) is 0 Å². The molecule has 1 heterocycles. The average molecular weight is 480 g/mol. The minimum absolute atomic E-state index is 0.0902. The van der Waals surface area contributed by atoms with Gasteiger partial charge in [-0.2, -0.15) is 8.42 Å². The first kappa shape index (κ1) is 22.1.